The normalized spacial score (nSPS) is 12.2. The standard InChI is InChI=1S/C16H19N3O/c1-11(2)15(13-7-5-4-6-8-13)19-16(20)14-10-17-12(3)9-18-14/h4-11,15H,1-3H3,(H,19,20). The fraction of sp³-hybridized carbons (Fsp3) is 0.312. The third-order valence-electron chi connectivity index (χ3n) is 3.13. The van der Waals surface area contributed by atoms with E-state index in [2.05, 4.69) is 29.1 Å². The molecular weight excluding hydrogens is 250 g/mol. The Morgan fingerprint density at radius 3 is 2.35 bits per heavy atom. The van der Waals surface area contributed by atoms with E-state index in [1.807, 2.05) is 37.3 Å². The maximum atomic E-state index is 12.2. The highest BCUT2D eigenvalue weighted by Crippen LogP contribution is 2.21. The highest BCUT2D eigenvalue weighted by atomic mass is 16.1. The van der Waals surface area contributed by atoms with E-state index in [9.17, 15) is 4.79 Å². The molecule has 1 unspecified atom stereocenters. The van der Waals surface area contributed by atoms with E-state index < -0.39 is 0 Å². The van der Waals surface area contributed by atoms with Gasteiger partial charge in [-0.05, 0) is 18.4 Å². The van der Waals surface area contributed by atoms with Gasteiger partial charge in [-0.1, -0.05) is 44.2 Å². The third-order valence-corrected chi connectivity index (χ3v) is 3.13. The van der Waals surface area contributed by atoms with Gasteiger partial charge in [0.25, 0.3) is 5.91 Å². The molecule has 2 aromatic rings. The molecule has 1 heterocycles. The predicted molar refractivity (Wildman–Crippen MR) is 78.3 cm³/mol. The zero-order valence-electron chi connectivity index (χ0n) is 12.0. The largest absolute Gasteiger partial charge is 0.344 e. The first-order chi connectivity index (χ1) is 9.58. The Kier molecular flexibility index (Phi) is 4.45. The summed E-state index contributed by atoms with van der Waals surface area (Å²) in [5.41, 5.74) is 2.23. The van der Waals surface area contributed by atoms with Crippen LogP contribution in [0.1, 0.15) is 41.6 Å². The number of aromatic nitrogens is 2. The van der Waals surface area contributed by atoms with Crippen LogP contribution < -0.4 is 5.32 Å². The molecule has 1 N–H and O–H groups in total. The Labute approximate surface area is 119 Å². The fourth-order valence-corrected chi connectivity index (χ4v) is 2.02. The average molecular weight is 269 g/mol. The van der Waals surface area contributed by atoms with Crippen molar-refractivity contribution in [2.24, 2.45) is 5.92 Å². The van der Waals surface area contributed by atoms with Crippen LogP contribution in [-0.4, -0.2) is 15.9 Å². The number of rotatable bonds is 4. The van der Waals surface area contributed by atoms with Gasteiger partial charge in [0.1, 0.15) is 5.69 Å². The average Bonchev–Trinajstić information content (AvgIpc) is 2.46. The fourth-order valence-electron chi connectivity index (χ4n) is 2.02. The van der Waals surface area contributed by atoms with E-state index in [0.29, 0.717) is 11.6 Å². The Balaban J connectivity index is 2.17. The monoisotopic (exact) mass is 269 g/mol. The van der Waals surface area contributed by atoms with Gasteiger partial charge in [0, 0.05) is 6.20 Å². The highest BCUT2D eigenvalue weighted by Gasteiger charge is 2.19. The molecule has 1 amide bonds. The maximum Gasteiger partial charge on any atom is 0.271 e. The van der Waals surface area contributed by atoms with Crippen LogP contribution in [0.4, 0.5) is 0 Å². The summed E-state index contributed by atoms with van der Waals surface area (Å²) < 4.78 is 0. The number of benzene rings is 1. The first-order valence-corrected chi connectivity index (χ1v) is 6.72. The zero-order chi connectivity index (χ0) is 14.5. The minimum Gasteiger partial charge on any atom is -0.344 e. The lowest BCUT2D eigenvalue weighted by Gasteiger charge is -2.22. The van der Waals surface area contributed by atoms with Crippen molar-refractivity contribution >= 4 is 5.91 Å². The van der Waals surface area contributed by atoms with Gasteiger partial charge in [0.05, 0.1) is 17.9 Å². The Morgan fingerprint density at radius 2 is 1.80 bits per heavy atom. The molecular formula is C16H19N3O. The van der Waals surface area contributed by atoms with Crippen LogP contribution in [0.3, 0.4) is 0 Å². The summed E-state index contributed by atoms with van der Waals surface area (Å²) in [4.78, 5) is 20.4. The SMILES string of the molecule is Cc1cnc(C(=O)NC(c2ccccc2)C(C)C)cn1. The van der Waals surface area contributed by atoms with Crippen molar-refractivity contribution in [1.29, 1.82) is 0 Å². The van der Waals surface area contributed by atoms with Crippen molar-refractivity contribution in [3.63, 3.8) is 0 Å². The van der Waals surface area contributed by atoms with Crippen LogP contribution in [0.2, 0.25) is 0 Å². The van der Waals surface area contributed by atoms with Crippen LogP contribution in [-0.2, 0) is 0 Å². The number of carbonyl (C=O) groups is 1. The summed E-state index contributed by atoms with van der Waals surface area (Å²) in [5, 5.41) is 3.03. The molecule has 1 aromatic heterocycles. The van der Waals surface area contributed by atoms with E-state index in [1.54, 1.807) is 6.20 Å². The molecule has 4 nitrogen and oxygen atoms in total. The number of amides is 1. The summed E-state index contributed by atoms with van der Waals surface area (Å²) >= 11 is 0. The van der Waals surface area contributed by atoms with Crippen molar-refractivity contribution in [3.05, 3.63) is 59.7 Å². The smallest absolute Gasteiger partial charge is 0.271 e. The number of carbonyl (C=O) groups excluding carboxylic acids is 1. The molecule has 0 fully saturated rings. The molecule has 0 spiro atoms. The Hall–Kier alpha value is -2.23. The first-order valence-electron chi connectivity index (χ1n) is 6.72. The topological polar surface area (TPSA) is 54.9 Å². The summed E-state index contributed by atoms with van der Waals surface area (Å²) in [6, 6.07) is 9.92. The molecule has 4 heteroatoms. The van der Waals surface area contributed by atoms with Gasteiger partial charge in [0.15, 0.2) is 0 Å². The highest BCUT2D eigenvalue weighted by molar-refractivity contribution is 5.92. The minimum absolute atomic E-state index is 0.0354. The second kappa shape index (κ2) is 6.28. The summed E-state index contributed by atoms with van der Waals surface area (Å²) in [6.45, 7) is 6.01. The van der Waals surface area contributed by atoms with Gasteiger partial charge in [-0.2, -0.15) is 0 Å². The predicted octanol–water partition coefficient (Wildman–Crippen LogP) is 2.91. The van der Waals surface area contributed by atoms with Crippen LogP contribution in [0.5, 0.6) is 0 Å². The zero-order valence-corrected chi connectivity index (χ0v) is 12.0. The number of nitrogens with one attached hydrogen (secondary N) is 1. The van der Waals surface area contributed by atoms with Crippen molar-refractivity contribution in [1.82, 2.24) is 15.3 Å². The van der Waals surface area contributed by atoms with E-state index in [-0.39, 0.29) is 11.9 Å². The van der Waals surface area contributed by atoms with E-state index in [0.717, 1.165) is 11.3 Å². The van der Waals surface area contributed by atoms with E-state index >= 15 is 0 Å². The Bertz CT molecular complexity index is 564. The molecule has 0 saturated carbocycles. The molecule has 1 aromatic carbocycles. The number of nitrogens with zero attached hydrogens (tertiary/aromatic N) is 2. The van der Waals surface area contributed by atoms with Crippen molar-refractivity contribution < 1.29 is 4.79 Å². The first kappa shape index (κ1) is 14.2. The second-order valence-corrected chi connectivity index (χ2v) is 5.15. The van der Waals surface area contributed by atoms with Gasteiger partial charge < -0.3 is 5.32 Å². The Morgan fingerprint density at radius 1 is 1.10 bits per heavy atom. The lowest BCUT2D eigenvalue weighted by Crippen LogP contribution is -2.32. The molecule has 0 aliphatic carbocycles. The van der Waals surface area contributed by atoms with Gasteiger partial charge in [-0.15, -0.1) is 0 Å². The van der Waals surface area contributed by atoms with Crippen molar-refractivity contribution in [2.45, 2.75) is 26.8 Å². The molecule has 2 rings (SSSR count). The van der Waals surface area contributed by atoms with Crippen LogP contribution in [0.15, 0.2) is 42.7 Å². The molecule has 1 atom stereocenters. The molecule has 0 aliphatic heterocycles. The number of hydrogen-bond acceptors (Lipinski definition) is 3. The number of aryl methyl sites for hydroxylation is 1. The second-order valence-electron chi connectivity index (χ2n) is 5.15. The molecule has 104 valence electrons. The molecule has 0 saturated heterocycles. The van der Waals surface area contributed by atoms with E-state index in [1.165, 1.54) is 6.20 Å². The minimum atomic E-state index is -0.194. The molecule has 0 bridgehead atoms. The number of hydrogen-bond donors (Lipinski definition) is 1. The lowest BCUT2D eigenvalue weighted by atomic mass is 9.96. The molecule has 0 aliphatic rings. The van der Waals surface area contributed by atoms with Crippen molar-refractivity contribution in [2.75, 3.05) is 0 Å². The van der Waals surface area contributed by atoms with Crippen LogP contribution in [0, 0.1) is 12.8 Å². The summed E-state index contributed by atoms with van der Waals surface area (Å²) in [7, 11) is 0. The van der Waals surface area contributed by atoms with Gasteiger partial charge in [-0.3, -0.25) is 9.78 Å². The van der Waals surface area contributed by atoms with Gasteiger partial charge >= 0.3 is 0 Å². The third kappa shape index (κ3) is 3.41. The van der Waals surface area contributed by atoms with E-state index in [4.69, 9.17) is 0 Å². The summed E-state index contributed by atoms with van der Waals surface area (Å²) in [6.07, 6.45) is 3.11. The lowest BCUT2D eigenvalue weighted by molar-refractivity contribution is 0.0920. The van der Waals surface area contributed by atoms with Crippen LogP contribution in [0.25, 0.3) is 0 Å². The summed E-state index contributed by atoms with van der Waals surface area (Å²) in [5.74, 6) is 0.0970. The quantitative estimate of drug-likeness (QED) is 0.928. The van der Waals surface area contributed by atoms with Gasteiger partial charge in [0.2, 0.25) is 0 Å². The van der Waals surface area contributed by atoms with Crippen molar-refractivity contribution in [3.8, 4) is 0 Å². The maximum absolute atomic E-state index is 12.2. The van der Waals surface area contributed by atoms with Crippen LogP contribution >= 0.6 is 0 Å². The van der Waals surface area contributed by atoms with Gasteiger partial charge in [-0.25, -0.2) is 4.98 Å². The molecule has 0 radical (unpaired) electrons. The molecule has 20 heavy (non-hydrogen) atoms.